The van der Waals surface area contributed by atoms with Gasteiger partial charge in [0.1, 0.15) is 25.2 Å². The zero-order valence-corrected chi connectivity index (χ0v) is 19.4. The van der Waals surface area contributed by atoms with Crippen LogP contribution in [-0.2, 0) is 29.2 Å². The number of ether oxygens (including phenoxy) is 3. The molecule has 0 atom stereocenters. The number of carbonyl (C=O) groups excluding carboxylic acids is 2. The highest BCUT2D eigenvalue weighted by Crippen LogP contribution is 2.39. The van der Waals surface area contributed by atoms with Gasteiger partial charge in [-0.15, -0.1) is 0 Å². The maximum atomic E-state index is 12.8. The number of amides is 2. The van der Waals surface area contributed by atoms with Crippen molar-refractivity contribution in [2.24, 2.45) is 0 Å². The molecule has 0 aromatic heterocycles. The maximum Gasteiger partial charge on any atom is 0.426 e. The fourth-order valence-corrected chi connectivity index (χ4v) is 4.05. The van der Waals surface area contributed by atoms with Crippen LogP contribution >= 0.6 is 0 Å². The molecule has 0 spiro atoms. The predicted molar refractivity (Wildman–Crippen MR) is 120 cm³/mol. The Bertz CT molecular complexity index is 937. The number of carbonyl (C=O) groups is 2. The Morgan fingerprint density at radius 3 is 2.00 bits per heavy atom. The molecule has 172 valence electrons. The van der Waals surface area contributed by atoms with Gasteiger partial charge in [0.25, 0.3) is 5.91 Å². The van der Waals surface area contributed by atoms with Gasteiger partial charge in [0.2, 0.25) is 0 Å². The topological polar surface area (TPSA) is 85.9 Å². The molecule has 8 heteroatoms. The molecule has 0 aliphatic carbocycles. The van der Waals surface area contributed by atoms with Crippen LogP contribution in [0, 0.1) is 0 Å². The number of nitrogens with one attached hydrogen (secondary N) is 2. The molecule has 0 saturated carbocycles. The first kappa shape index (κ1) is 23.4. The Hall–Kier alpha value is -3.26. The van der Waals surface area contributed by atoms with Gasteiger partial charge in [-0.3, -0.25) is 10.2 Å². The number of benzene rings is 2. The Morgan fingerprint density at radius 2 is 1.50 bits per heavy atom. The molecule has 8 nitrogen and oxygen atoms in total. The van der Waals surface area contributed by atoms with E-state index in [4.69, 9.17) is 14.2 Å². The number of hydrazine groups is 1. The second-order valence-electron chi connectivity index (χ2n) is 9.11. The second kappa shape index (κ2) is 9.48. The highest BCUT2D eigenvalue weighted by atomic mass is 16.6. The fourth-order valence-electron chi connectivity index (χ4n) is 4.05. The van der Waals surface area contributed by atoms with Gasteiger partial charge in [0.15, 0.2) is 18.0 Å². The van der Waals surface area contributed by atoms with Crippen molar-refractivity contribution in [1.82, 2.24) is 10.9 Å². The Balaban J connectivity index is 1.78. The summed E-state index contributed by atoms with van der Waals surface area (Å²) >= 11 is 0. The van der Waals surface area contributed by atoms with Crippen LogP contribution in [0.4, 0.5) is 4.79 Å². The van der Waals surface area contributed by atoms with E-state index in [0.29, 0.717) is 35.6 Å². The average molecular weight is 443 g/mol. The average Bonchev–Trinajstić information content (AvgIpc) is 3.06. The minimum atomic E-state index is -0.695. The molecule has 0 bridgehead atoms. The smallest absolute Gasteiger partial charge is 0.426 e. The summed E-state index contributed by atoms with van der Waals surface area (Å²) in [5.41, 5.74) is 7.54. The minimum absolute atomic E-state index is 0.185. The third kappa shape index (κ3) is 5.91. The molecule has 1 aliphatic rings. The summed E-state index contributed by atoms with van der Waals surface area (Å²) in [7, 11) is 3.22. The summed E-state index contributed by atoms with van der Waals surface area (Å²) in [6.07, 6.45) is -0.695. The number of hydrogen-bond donors (Lipinski definition) is 2. The number of rotatable bonds is 6. The van der Waals surface area contributed by atoms with Gasteiger partial charge in [0.05, 0.1) is 14.2 Å². The third-order valence-electron chi connectivity index (χ3n) is 5.26. The summed E-state index contributed by atoms with van der Waals surface area (Å²) in [5.74, 6) is 1.04. The van der Waals surface area contributed by atoms with E-state index in [-0.39, 0.29) is 12.5 Å². The minimum Gasteiger partial charge on any atom is -0.493 e. The second-order valence-corrected chi connectivity index (χ2v) is 9.11. The molecule has 3 rings (SSSR count). The molecule has 1 heterocycles. The Labute approximate surface area is 189 Å². The molecular weight excluding hydrogens is 410 g/mol. The van der Waals surface area contributed by atoms with Crippen LogP contribution in [0.3, 0.4) is 0 Å². The van der Waals surface area contributed by atoms with Crippen molar-refractivity contribution in [1.29, 1.82) is 0 Å². The van der Waals surface area contributed by atoms with Gasteiger partial charge in [-0.1, -0.05) is 30.3 Å². The van der Waals surface area contributed by atoms with Gasteiger partial charge in [0, 0.05) is 16.7 Å². The summed E-state index contributed by atoms with van der Waals surface area (Å²) < 4.78 is 16.6. The van der Waals surface area contributed by atoms with Crippen molar-refractivity contribution < 1.29 is 28.3 Å². The molecule has 1 aliphatic heterocycles. The predicted octanol–water partition coefficient (Wildman–Crippen LogP) is 3.29. The lowest BCUT2D eigenvalue weighted by atomic mass is 10.1. The van der Waals surface area contributed by atoms with E-state index in [1.807, 2.05) is 30.3 Å². The molecule has 2 amide bonds. The van der Waals surface area contributed by atoms with Gasteiger partial charge in [-0.2, -0.15) is 0 Å². The number of quaternary nitrogens is 1. The molecular formula is C24H32N3O5+. The van der Waals surface area contributed by atoms with Crippen LogP contribution in [0.2, 0.25) is 0 Å². The van der Waals surface area contributed by atoms with Crippen molar-refractivity contribution in [3.63, 3.8) is 0 Å². The lowest BCUT2D eigenvalue weighted by molar-refractivity contribution is -0.952. The summed E-state index contributed by atoms with van der Waals surface area (Å²) in [4.78, 5) is 24.7. The van der Waals surface area contributed by atoms with E-state index in [1.54, 1.807) is 35.0 Å². The summed E-state index contributed by atoms with van der Waals surface area (Å²) in [5, 5.41) is 0. The van der Waals surface area contributed by atoms with Crippen LogP contribution < -0.4 is 20.3 Å². The lowest BCUT2D eigenvalue weighted by Gasteiger charge is -2.33. The lowest BCUT2D eigenvalue weighted by Crippen LogP contribution is -2.53. The van der Waals surface area contributed by atoms with Crippen molar-refractivity contribution in [3.05, 3.63) is 59.2 Å². The number of fused-ring (bicyclic) bond motifs is 1. The van der Waals surface area contributed by atoms with Crippen LogP contribution in [0.1, 0.15) is 37.5 Å². The quantitative estimate of drug-likeness (QED) is 0.530. The SMILES string of the molecule is COc1cc2c(cc1OC)C[N+](CC(=O)NNC(=O)OC(C)(C)C)(Cc1ccccc1)C2. The van der Waals surface area contributed by atoms with E-state index < -0.39 is 11.7 Å². The highest BCUT2D eigenvalue weighted by Gasteiger charge is 2.39. The monoisotopic (exact) mass is 442 g/mol. The summed E-state index contributed by atoms with van der Waals surface area (Å²) in [6, 6.07) is 14.0. The molecule has 2 N–H and O–H groups in total. The number of nitrogens with zero attached hydrogens (tertiary/aromatic N) is 1. The van der Waals surface area contributed by atoms with E-state index in [2.05, 4.69) is 23.0 Å². The van der Waals surface area contributed by atoms with E-state index in [0.717, 1.165) is 16.7 Å². The van der Waals surface area contributed by atoms with Gasteiger partial charge >= 0.3 is 6.09 Å². The van der Waals surface area contributed by atoms with Gasteiger partial charge in [-0.05, 0) is 32.9 Å². The number of hydrogen-bond acceptors (Lipinski definition) is 5. The fraction of sp³-hybridized carbons (Fsp3) is 0.417. The Morgan fingerprint density at radius 1 is 0.938 bits per heavy atom. The first-order chi connectivity index (χ1) is 15.1. The van der Waals surface area contributed by atoms with Crippen molar-refractivity contribution in [2.45, 2.75) is 46.0 Å². The normalized spacial score (nSPS) is 14.3. The van der Waals surface area contributed by atoms with E-state index >= 15 is 0 Å². The zero-order chi connectivity index (χ0) is 23.4. The standard InChI is InChI=1S/C24H31N3O5/c1-24(2,3)32-23(29)26-25-22(28)16-27(13-17-9-7-6-8-10-17)14-18-11-20(30-4)21(31-5)12-19(18)15-27/h6-12H,13-16H2,1-5H3,(H-,25,26,28,29)/p+1. The van der Waals surface area contributed by atoms with Crippen molar-refractivity contribution >= 4 is 12.0 Å². The van der Waals surface area contributed by atoms with Gasteiger partial charge < -0.3 is 18.7 Å². The van der Waals surface area contributed by atoms with Gasteiger partial charge in [-0.25, -0.2) is 10.2 Å². The van der Waals surface area contributed by atoms with E-state index in [1.165, 1.54) is 0 Å². The first-order valence-electron chi connectivity index (χ1n) is 10.5. The Kier molecular flexibility index (Phi) is 6.93. The molecule has 0 radical (unpaired) electrons. The van der Waals surface area contributed by atoms with Crippen LogP contribution in [0.15, 0.2) is 42.5 Å². The molecule has 0 saturated heterocycles. The molecule has 0 fully saturated rings. The molecule has 2 aromatic rings. The largest absolute Gasteiger partial charge is 0.493 e. The van der Waals surface area contributed by atoms with Crippen LogP contribution in [-0.4, -0.2) is 42.8 Å². The molecule has 2 aromatic carbocycles. The van der Waals surface area contributed by atoms with Crippen LogP contribution in [0.5, 0.6) is 11.5 Å². The third-order valence-corrected chi connectivity index (χ3v) is 5.26. The molecule has 32 heavy (non-hydrogen) atoms. The number of methoxy groups -OCH3 is 2. The molecule has 0 unspecified atom stereocenters. The zero-order valence-electron chi connectivity index (χ0n) is 19.4. The highest BCUT2D eigenvalue weighted by molar-refractivity contribution is 5.80. The van der Waals surface area contributed by atoms with E-state index in [9.17, 15) is 9.59 Å². The van der Waals surface area contributed by atoms with Crippen LogP contribution in [0.25, 0.3) is 0 Å². The van der Waals surface area contributed by atoms with Crippen molar-refractivity contribution in [3.8, 4) is 11.5 Å². The van der Waals surface area contributed by atoms with Crippen molar-refractivity contribution in [2.75, 3.05) is 20.8 Å². The summed E-state index contributed by atoms with van der Waals surface area (Å²) in [6.45, 7) is 7.45. The first-order valence-corrected chi connectivity index (χ1v) is 10.5. The maximum absolute atomic E-state index is 12.8.